The number of phenolic OH excluding ortho intramolecular Hbond substituents is 1. The first-order valence-corrected chi connectivity index (χ1v) is 14.1. The van der Waals surface area contributed by atoms with E-state index in [2.05, 4.69) is 23.2 Å². The second kappa shape index (κ2) is 9.16. The number of phenols is 1. The fourth-order valence-corrected chi connectivity index (χ4v) is 8.27. The van der Waals surface area contributed by atoms with Crippen molar-refractivity contribution in [3.05, 3.63) is 23.3 Å². The van der Waals surface area contributed by atoms with E-state index in [4.69, 9.17) is 15.2 Å². The Hall–Kier alpha value is -2.32. The maximum atomic E-state index is 12.7. The Morgan fingerprint density at radius 1 is 1.27 bits per heavy atom. The number of nitrogens with zero attached hydrogens (tertiary/aromatic N) is 1. The van der Waals surface area contributed by atoms with Crippen LogP contribution in [0.3, 0.4) is 0 Å². The van der Waals surface area contributed by atoms with Crippen LogP contribution in [0.2, 0.25) is 0 Å². The minimum absolute atomic E-state index is 0.00408. The Balaban J connectivity index is 1.28. The molecule has 1 aromatic carbocycles. The van der Waals surface area contributed by atoms with Crippen molar-refractivity contribution in [3.63, 3.8) is 0 Å². The molecule has 6 rings (SSSR count). The molecule has 202 valence electrons. The summed E-state index contributed by atoms with van der Waals surface area (Å²) in [5.41, 5.74) is 7.29. The lowest BCUT2D eigenvalue weighted by atomic mass is 9.47. The number of amides is 2. The van der Waals surface area contributed by atoms with Gasteiger partial charge in [0.25, 0.3) is 0 Å². The third-order valence-corrected chi connectivity index (χ3v) is 10.1. The summed E-state index contributed by atoms with van der Waals surface area (Å²) < 4.78 is 12.9. The van der Waals surface area contributed by atoms with Gasteiger partial charge in [-0.05, 0) is 75.0 Å². The van der Waals surface area contributed by atoms with Gasteiger partial charge in [-0.3, -0.25) is 14.5 Å². The predicted octanol–water partition coefficient (Wildman–Crippen LogP) is 2.63. The molecule has 0 aromatic heterocycles. The number of unbranched alkanes of at least 4 members (excludes halogenated alkanes) is 1. The molecule has 0 radical (unpaired) electrons. The highest BCUT2D eigenvalue weighted by Gasteiger charge is 2.70. The smallest absolute Gasteiger partial charge is 0.220 e. The second-order valence-corrected chi connectivity index (χ2v) is 12.6. The lowest BCUT2D eigenvalue weighted by Gasteiger charge is -2.63. The summed E-state index contributed by atoms with van der Waals surface area (Å²) in [5, 5.41) is 14.0. The average molecular weight is 512 g/mol. The number of aromatic hydroxyl groups is 1. The molecule has 6 unspecified atom stereocenters. The van der Waals surface area contributed by atoms with E-state index >= 15 is 0 Å². The van der Waals surface area contributed by atoms with Crippen molar-refractivity contribution in [1.82, 2.24) is 10.2 Å². The summed E-state index contributed by atoms with van der Waals surface area (Å²) in [5.74, 6) is 1.76. The van der Waals surface area contributed by atoms with Gasteiger partial charge in [0.15, 0.2) is 11.5 Å². The first kappa shape index (κ1) is 25.0. The Morgan fingerprint density at radius 2 is 2.05 bits per heavy atom. The summed E-state index contributed by atoms with van der Waals surface area (Å²) in [6, 6.07) is 4.34. The summed E-state index contributed by atoms with van der Waals surface area (Å²) in [6.45, 7) is 4.97. The number of ether oxygens (including phenoxy) is 2. The van der Waals surface area contributed by atoms with Crippen LogP contribution in [0.25, 0.3) is 0 Å². The number of hydrogen-bond acceptors (Lipinski definition) is 6. The predicted molar refractivity (Wildman–Crippen MR) is 138 cm³/mol. The van der Waals surface area contributed by atoms with E-state index in [0.717, 1.165) is 31.7 Å². The maximum Gasteiger partial charge on any atom is 0.220 e. The maximum absolute atomic E-state index is 12.7. The molecule has 3 fully saturated rings. The van der Waals surface area contributed by atoms with Crippen LogP contribution >= 0.6 is 0 Å². The number of hydrogen-bond donors (Lipinski definition) is 3. The molecule has 2 amide bonds. The number of carbonyl (C=O) groups excluding carboxylic acids is 2. The van der Waals surface area contributed by atoms with Gasteiger partial charge < -0.3 is 25.6 Å². The highest BCUT2D eigenvalue weighted by Crippen LogP contribution is 2.66. The zero-order valence-corrected chi connectivity index (χ0v) is 22.1. The van der Waals surface area contributed by atoms with E-state index in [-0.39, 0.29) is 40.6 Å². The first-order valence-electron chi connectivity index (χ1n) is 14.1. The molecule has 5 aliphatic rings. The van der Waals surface area contributed by atoms with Gasteiger partial charge in [-0.15, -0.1) is 0 Å². The molecule has 1 saturated heterocycles. The van der Waals surface area contributed by atoms with Gasteiger partial charge in [0.1, 0.15) is 12.2 Å². The van der Waals surface area contributed by atoms with Crippen LogP contribution in [0.4, 0.5) is 0 Å². The van der Waals surface area contributed by atoms with Gasteiger partial charge in [-0.25, -0.2) is 0 Å². The fourth-order valence-electron chi connectivity index (χ4n) is 8.27. The quantitative estimate of drug-likeness (QED) is 0.416. The Kier molecular flexibility index (Phi) is 6.18. The summed E-state index contributed by atoms with van der Waals surface area (Å²) in [4.78, 5) is 26.4. The Morgan fingerprint density at radius 3 is 2.78 bits per heavy atom. The van der Waals surface area contributed by atoms with E-state index in [1.165, 1.54) is 30.5 Å². The van der Waals surface area contributed by atoms with Crippen molar-refractivity contribution >= 4 is 11.8 Å². The number of methoxy groups -OCH3 is 1. The normalized spacial score (nSPS) is 35.5. The SMILES string of the molecule is COC1C2Oc3c(O)ccc4c3C23CCN(CC2CC2)C(C4)C3CC1(C)CNC(=O)CCCCC(N)=O. The largest absolute Gasteiger partial charge is 0.504 e. The number of primary amides is 1. The van der Waals surface area contributed by atoms with Gasteiger partial charge in [-0.2, -0.15) is 0 Å². The molecule has 2 aliphatic heterocycles. The lowest BCUT2D eigenvalue weighted by Crippen LogP contribution is -2.71. The van der Waals surface area contributed by atoms with Crippen LogP contribution < -0.4 is 15.8 Å². The highest BCUT2D eigenvalue weighted by atomic mass is 16.5. The minimum atomic E-state index is -0.326. The van der Waals surface area contributed by atoms with Crippen molar-refractivity contribution in [2.24, 2.45) is 23.0 Å². The van der Waals surface area contributed by atoms with E-state index in [0.29, 0.717) is 49.9 Å². The topological polar surface area (TPSA) is 114 Å². The first-order chi connectivity index (χ1) is 17.8. The van der Waals surface area contributed by atoms with E-state index < -0.39 is 0 Å². The van der Waals surface area contributed by atoms with Crippen molar-refractivity contribution in [2.75, 3.05) is 26.7 Å². The number of piperidine rings is 1. The summed E-state index contributed by atoms with van der Waals surface area (Å²) >= 11 is 0. The fraction of sp³-hybridized carbons (Fsp3) is 0.724. The van der Waals surface area contributed by atoms with Crippen LogP contribution in [0.1, 0.15) is 69.4 Å². The lowest BCUT2D eigenvalue weighted by molar-refractivity contribution is -0.172. The van der Waals surface area contributed by atoms with E-state index in [1.807, 2.05) is 0 Å². The van der Waals surface area contributed by atoms with Gasteiger partial charge in [0, 0.05) is 55.5 Å². The van der Waals surface area contributed by atoms with Gasteiger partial charge >= 0.3 is 0 Å². The van der Waals surface area contributed by atoms with Crippen LogP contribution in [-0.4, -0.2) is 66.8 Å². The van der Waals surface area contributed by atoms with Crippen LogP contribution in [0.15, 0.2) is 12.1 Å². The molecule has 2 heterocycles. The molecule has 2 saturated carbocycles. The van der Waals surface area contributed by atoms with Gasteiger partial charge in [0.2, 0.25) is 11.8 Å². The molecule has 1 aromatic rings. The molecule has 1 spiro atoms. The standard InChI is InChI=1S/C29H41N3O5/c1-28(16-31-23(35)6-4-3-5-22(30)34)14-19-20-13-18-9-10-21(33)25-24(18)29(19,27(37-25)26(28)36-2)11-12-32(20)15-17-7-8-17/h9-10,17,19-20,26-27,33H,3-8,11-16H2,1-2H3,(H2,30,34)(H,31,35). The third kappa shape index (κ3) is 4.02. The highest BCUT2D eigenvalue weighted by molar-refractivity contribution is 5.76. The number of likely N-dealkylation sites (tertiary alicyclic amines) is 1. The number of rotatable bonds is 10. The zero-order chi connectivity index (χ0) is 25.9. The third-order valence-electron chi connectivity index (χ3n) is 10.1. The Labute approximate surface area is 219 Å². The van der Waals surface area contributed by atoms with Gasteiger partial charge in [-0.1, -0.05) is 13.0 Å². The van der Waals surface area contributed by atoms with E-state index in [9.17, 15) is 14.7 Å². The molecule has 8 heteroatoms. The molecule has 3 aliphatic carbocycles. The summed E-state index contributed by atoms with van der Waals surface area (Å²) in [7, 11) is 1.75. The molecule has 2 bridgehead atoms. The van der Waals surface area contributed by atoms with Crippen molar-refractivity contribution in [1.29, 1.82) is 0 Å². The number of benzene rings is 1. The van der Waals surface area contributed by atoms with Crippen molar-refractivity contribution in [3.8, 4) is 11.5 Å². The van der Waals surface area contributed by atoms with Crippen LogP contribution in [0.5, 0.6) is 11.5 Å². The molecule has 4 N–H and O–H groups in total. The molecule has 8 nitrogen and oxygen atoms in total. The molecular weight excluding hydrogens is 470 g/mol. The van der Waals surface area contributed by atoms with Crippen LogP contribution in [-0.2, 0) is 26.2 Å². The van der Waals surface area contributed by atoms with Crippen LogP contribution in [0, 0.1) is 17.3 Å². The zero-order valence-electron chi connectivity index (χ0n) is 22.1. The number of nitrogens with two attached hydrogens (primary N) is 1. The number of carbonyl (C=O) groups is 2. The number of nitrogens with one attached hydrogen (secondary N) is 1. The second-order valence-electron chi connectivity index (χ2n) is 12.6. The Bertz CT molecular complexity index is 1090. The molecular formula is C29H41N3O5. The summed E-state index contributed by atoms with van der Waals surface area (Å²) in [6.07, 6.45) is 7.18. The molecule has 37 heavy (non-hydrogen) atoms. The van der Waals surface area contributed by atoms with Crippen molar-refractivity contribution in [2.45, 2.75) is 88.4 Å². The van der Waals surface area contributed by atoms with Crippen molar-refractivity contribution < 1.29 is 24.2 Å². The van der Waals surface area contributed by atoms with Gasteiger partial charge in [0.05, 0.1) is 0 Å². The molecule has 6 atom stereocenters. The minimum Gasteiger partial charge on any atom is -0.504 e. The average Bonchev–Trinajstić information content (AvgIpc) is 3.61. The van der Waals surface area contributed by atoms with E-state index in [1.54, 1.807) is 13.2 Å². The monoisotopic (exact) mass is 511 g/mol.